The lowest BCUT2D eigenvalue weighted by atomic mass is 10.1. The Hall–Kier alpha value is 0.907. The second kappa shape index (κ2) is 10.6. The Kier molecular flexibility index (Phi) is 11.1. The third-order valence-electron chi connectivity index (χ3n) is 4.30. The topological polar surface area (TPSA) is 9.23 Å². The predicted molar refractivity (Wildman–Crippen MR) is 99.0 cm³/mol. The van der Waals surface area contributed by atoms with E-state index in [1.165, 1.54) is 55.8 Å². The Labute approximate surface area is 136 Å². The number of halogens is 1. The molecule has 0 saturated carbocycles. The van der Waals surface area contributed by atoms with Crippen molar-refractivity contribution in [2.24, 2.45) is 0 Å². The number of unbranched alkanes of at least 4 members (excludes halogenated alkanes) is 7. The Bertz CT molecular complexity index is 211. The molecule has 19 heavy (non-hydrogen) atoms. The van der Waals surface area contributed by atoms with E-state index in [1.54, 1.807) is 0 Å². The molecule has 1 nitrogen and oxygen atoms in total. The van der Waals surface area contributed by atoms with Crippen LogP contribution in [0.25, 0.3) is 0 Å². The Morgan fingerprint density at radius 1 is 0.789 bits per heavy atom. The van der Waals surface area contributed by atoms with Gasteiger partial charge in [-0.3, -0.25) is 0 Å². The summed E-state index contributed by atoms with van der Waals surface area (Å²) in [5.74, 6) is 0. The molecular weight excluding hydrogens is 363 g/mol. The maximum absolute atomic E-state index is 6.19. The molecule has 116 valence electrons. The highest BCUT2D eigenvalue weighted by molar-refractivity contribution is 14.1. The molecule has 0 bridgehead atoms. The fourth-order valence-corrected chi connectivity index (χ4v) is 3.43. The van der Waals surface area contributed by atoms with Crippen LogP contribution in [0, 0.1) is 0 Å². The van der Waals surface area contributed by atoms with Gasteiger partial charge in [0.25, 0.3) is 0 Å². The van der Waals surface area contributed by atoms with Gasteiger partial charge in [-0.15, -0.1) is 0 Å². The SMILES string of the molecule is CC(C)(C)[Si](C)(C)OCCCCCCCCCCI. The van der Waals surface area contributed by atoms with E-state index in [0.717, 1.165) is 6.61 Å². The van der Waals surface area contributed by atoms with E-state index in [9.17, 15) is 0 Å². The number of alkyl halides is 1. The van der Waals surface area contributed by atoms with Crippen molar-refractivity contribution < 1.29 is 4.43 Å². The molecule has 0 amide bonds. The monoisotopic (exact) mass is 398 g/mol. The van der Waals surface area contributed by atoms with E-state index in [4.69, 9.17) is 4.43 Å². The van der Waals surface area contributed by atoms with Gasteiger partial charge in [0.15, 0.2) is 8.32 Å². The summed E-state index contributed by atoms with van der Waals surface area (Å²) in [4.78, 5) is 0. The largest absolute Gasteiger partial charge is 0.417 e. The second-order valence-corrected chi connectivity index (χ2v) is 13.0. The van der Waals surface area contributed by atoms with Crippen LogP contribution in [0.4, 0.5) is 0 Å². The van der Waals surface area contributed by atoms with E-state index >= 15 is 0 Å². The van der Waals surface area contributed by atoms with Gasteiger partial charge in [-0.1, -0.05) is 81.9 Å². The molecule has 0 saturated heterocycles. The van der Waals surface area contributed by atoms with Crippen molar-refractivity contribution in [3.8, 4) is 0 Å². The quantitative estimate of drug-likeness (QED) is 0.166. The number of hydrogen-bond acceptors (Lipinski definition) is 1. The molecule has 0 radical (unpaired) electrons. The van der Waals surface area contributed by atoms with Crippen LogP contribution in [0.1, 0.15) is 72.1 Å². The van der Waals surface area contributed by atoms with Crippen LogP contribution >= 0.6 is 22.6 Å². The normalized spacial score (nSPS) is 12.9. The van der Waals surface area contributed by atoms with Crippen LogP contribution in [0.15, 0.2) is 0 Å². The summed E-state index contributed by atoms with van der Waals surface area (Å²) in [5.41, 5.74) is 0. The maximum Gasteiger partial charge on any atom is 0.191 e. The number of hydrogen-bond donors (Lipinski definition) is 0. The van der Waals surface area contributed by atoms with Crippen molar-refractivity contribution in [1.82, 2.24) is 0 Å². The van der Waals surface area contributed by atoms with E-state index < -0.39 is 8.32 Å². The summed E-state index contributed by atoms with van der Waals surface area (Å²) in [6.07, 6.45) is 11.1. The van der Waals surface area contributed by atoms with Gasteiger partial charge in [-0.2, -0.15) is 0 Å². The van der Waals surface area contributed by atoms with E-state index in [-0.39, 0.29) is 0 Å². The van der Waals surface area contributed by atoms with Gasteiger partial charge in [0, 0.05) is 6.61 Å². The summed E-state index contributed by atoms with van der Waals surface area (Å²) >= 11 is 2.47. The smallest absolute Gasteiger partial charge is 0.191 e. The lowest BCUT2D eigenvalue weighted by molar-refractivity contribution is 0.277. The second-order valence-electron chi connectivity index (χ2n) is 7.13. The van der Waals surface area contributed by atoms with Gasteiger partial charge in [-0.25, -0.2) is 0 Å². The molecule has 0 rings (SSSR count). The molecule has 0 fully saturated rings. The maximum atomic E-state index is 6.19. The first-order valence-electron chi connectivity index (χ1n) is 8.01. The lowest BCUT2D eigenvalue weighted by Gasteiger charge is -2.36. The molecule has 0 aliphatic rings. The molecule has 0 aromatic rings. The minimum Gasteiger partial charge on any atom is -0.417 e. The van der Waals surface area contributed by atoms with Crippen LogP contribution in [-0.2, 0) is 4.43 Å². The van der Waals surface area contributed by atoms with Crippen LogP contribution < -0.4 is 0 Å². The van der Waals surface area contributed by atoms with Crippen LogP contribution in [0.2, 0.25) is 18.1 Å². The molecule has 0 atom stereocenters. The zero-order valence-electron chi connectivity index (χ0n) is 13.9. The summed E-state index contributed by atoms with van der Waals surface area (Å²) < 4.78 is 7.51. The molecule has 0 heterocycles. The molecule has 0 aliphatic carbocycles. The fraction of sp³-hybridized carbons (Fsp3) is 1.00. The first kappa shape index (κ1) is 19.9. The summed E-state index contributed by atoms with van der Waals surface area (Å²) in [6, 6.07) is 0. The van der Waals surface area contributed by atoms with Crippen molar-refractivity contribution in [1.29, 1.82) is 0 Å². The van der Waals surface area contributed by atoms with Crippen LogP contribution in [0.3, 0.4) is 0 Å². The molecule has 0 aromatic carbocycles. The minimum atomic E-state index is -1.50. The standard InChI is InChI=1S/C16H35IOSi/c1-16(2,3)19(4,5)18-15-13-11-9-7-6-8-10-12-14-17/h6-15H2,1-5H3. The average molecular weight is 398 g/mol. The Morgan fingerprint density at radius 3 is 1.63 bits per heavy atom. The van der Waals surface area contributed by atoms with Gasteiger partial charge in [0.1, 0.15) is 0 Å². The van der Waals surface area contributed by atoms with E-state index in [1.807, 2.05) is 0 Å². The van der Waals surface area contributed by atoms with Crippen molar-refractivity contribution in [3.05, 3.63) is 0 Å². The molecule has 3 heteroatoms. The third-order valence-corrected chi connectivity index (χ3v) is 9.60. The summed E-state index contributed by atoms with van der Waals surface area (Å²) in [5, 5.41) is 0.353. The van der Waals surface area contributed by atoms with Gasteiger partial charge in [-0.05, 0) is 35.4 Å². The predicted octanol–water partition coefficient (Wildman–Crippen LogP) is 6.56. The zero-order valence-corrected chi connectivity index (χ0v) is 17.0. The number of rotatable bonds is 11. The van der Waals surface area contributed by atoms with E-state index in [2.05, 4.69) is 56.5 Å². The van der Waals surface area contributed by atoms with Crippen molar-refractivity contribution in [2.75, 3.05) is 11.0 Å². The van der Waals surface area contributed by atoms with Gasteiger partial charge in [0.2, 0.25) is 0 Å². The van der Waals surface area contributed by atoms with Crippen LogP contribution in [-0.4, -0.2) is 19.4 Å². The average Bonchev–Trinajstić information content (AvgIpc) is 2.30. The Balaban J connectivity index is 3.37. The van der Waals surface area contributed by atoms with E-state index in [0.29, 0.717) is 5.04 Å². The van der Waals surface area contributed by atoms with Crippen LogP contribution in [0.5, 0.6) is 0 Å². The molecular formula is C16H35IOSi. The molecule has 0 unspecified atom stereocenters. The molecule has 0 spiro atoms. The first-order chi connectivity index (χ1) is 8.81. The summed E-state index contributed by atoms with van der Waals surface area (Å²) in [7, 11) is -1.50. The minimum absolute atomic E-state index is 0.353. The van der Waals surface area contributed by atoms with Crippen molar-refractivity contribution in [3.63, 3.8) is 0 Å². The molecule has 0 aromatic heterocycles. The fourth-order valence-electron chi connectivity index (χ4n) is 1.80. The Morgan fingerprint density at radius 2 is 1.21 bits per heavy atom. The molecule has 0 N–H and O–H groups in total. The lowest BCUT2D eigenvalue weighted by Crippen LogP contribution is -2.40. The summed E-state index contributed by atoms with van der Waals surface area (Å²) in [6.45, 7) is 12.6. The van der Waals surface area contributed by atoms with Gasteiger partial charge >= 0.3 is 0 Å². The third kappa shape index (κ3) is 10.3. The highest BCUT2D eigenvalue weighted by Gasteiger charge is 2.36. The highest BCUT2D eigenvalue weighted by atomic mass is 127. The van der Waals surface area contributed by atoms with Crippen molar-refractivity contribution in [2.45, 2.75) is 90.3 Å². The van der Waals surface area contributed by atoms with Gasteiger partial charge in [0.05, 0.1) is 0 Å². The van der Waals surface area contributed by atoms with Gasteiger partial charge < -0.3 is 4.43 Å². The highest BCUT2D eigenvalue weighted by Crippen LogP contribution is 2.36. The van der Waals surface area contributed by atoms with Crippen molar-refractivity contribution >= 4 is 30.9 Å². The zero-order chi connectivity index (χ0) is 14.8. The molecule has 0 aliphatic heterocycles. The first-order valence-corrected chi connectivity index (χ1v) is 12.4.